The lowest BCUT2D eigenvalue weighted by Crippen LogP contribution is -2.41. The second kappa shape index (κ2) is 10.7. The highest BCUT2D eigenvalue weighted by Gasteiger charge is 2.30. The number of aromatic nitrogens is 1. The lowest BCUT2D eigenvalue weighted by Gasteiger charge is -2.32. The number of anilines is 1. The minimum atomic E-state index is -4.40. The number of carbonyl (C=O) groups is 2. The van der Waals surface area contributed by atoms with E-state index < -0.39 is 11.7 Å². The third-order valence-corrected chi connectivity index (χ3v) is 6.06. The summed E-state index contributed by atoms with van der Waals surface area (Å²) >= 11 is 1.41. The van der Waals surface area contributed by atoms with Crippen molar-refractivity contribution in [1.29, 1.82) is 0 Å². The first-order valence-electron chi connectivity index (χ1n) is 10.1. The van der Waals surface area contributed by atoms with E-state index in [4.69, 9.17) is 0 Å². The van der Waals surface area contributed by atoms with Gasteiger partial charge in [0.1, 0.15) is 0 Å². The number of likely N-dealkylation sites (tertiary alicyclic amines) is 1. The summed E-state index contributed by atoms with van der Waals surface area (Å²) in [6, 6.07) is 9.97. The highest BCUT2D eigenvalue weighted by atomic mass is 32.2. The fraction of sp³-hybridized carbons (Fsp3) is 0.409. The Labute approximate surface area is 183 Å². The number of nitrogens with one attached hydrogen (secondary N) is 1. The molecule has 1 aromatic carbocycles. The number of pyridine rings is 1. The molecular formula is C22H24F3N3O2S. The Morgan fingerprint density at radius 2 is 1.94 bits per heavy atom. The van der Waals surface area contributed by atoms with Crippen molar-refractivity contribution in [2.24, 2.45) is 5.92 Å². The highest BCUT2D eigenvalue weighted by molar-refractivity contribution is 7.99. The average molecular weight is 452 g/mol. The second-order valence-electron chi connectivity index (χ2n) is 7.47. The largest absolute Gasteiger partial charge is 0.416 e. The van der Waals surface area contributed by atoms with Crippen LogP contribution in [0.25, 0.3) is 0 Å². The molecule has 1 aliphatic heterocycles. The molecule has 2 heterocycles. The summed E-state index contributed by atoms with van der Waals surface area (Å²) in [5.74, 6) is 0.386. The van der Waals surface area contributed by atoms with Crippen LogP contribution in [-0.2, 0) is 15.8 Å². The maximum absolute atomic E-state index is 12.6. The van der Waals surface area contributed by atoms with Gasteiger partial charge in [-0.1, -0.05) is 17.8 Å². The molecular weight excluding hydrogens is 427 g/mol. The van der Waals surface area contributed by atoms with Gasteiger partial charge in [-0.25, -0.2) is 4.98 Å². The van der Waals surface area contributed by atoms with Crippen LogP contribution in [0.2, 0.25) is 0 Å². The number of benzene rings is 1. The van der Waals surface area contributed by atoms with Gasteiger partial charge in [0.25, 0.3) is 0 Å². The standard InChI is InChI=1S/C22H24F3N3O2S/c23-22(24,25)17-7-9-18(10-8-17)27-19(29)11-6-16-4-3-13-28(14-16)21(30)15-31-20-5-1-2-12-26-20/h1-2,5,7-10,12,16H,3-4,6,11,13-15H2,(H,27,29). The van der Waals surface area contributed by atoms with Gasteiger partial charge >= 0.3 is 6.18 Å². The van der Waals surface area contributed by atoms with Gasteiger partial charge in [0, 0.05) is 31.4 Å². The maximum Gasteiger partial charge on any atom is 0.416 e. The molecule has 0 spiro atoms. The summed E-state index contributed by atoms with van der Waals surface area (Å²) < 4.78 is 37.8. The number of piperidine rings is 1. The van der Waals surface area contributed by atoms with Gasteiger partial charge in [-0.2, -0.15) is 13.2 Å². The van der Waals surface area contributed by atoms with Crippen molar-refractivity contribution in [2.45, 2.75) is 36.9 Å². The Hall–Kier alpha value is -2.55. The molecule has 2 amide bonds. The molecule has 0 bridgehead atoms. The Kier molecular flexibility index (Phi) is 7.95. The topological polar surface area (TPSA) is 62.3 Å². The zero-order valence-electron chi connectivity index (χ0n) is 16.9. The van der Waals surface area contributed by atoms with Crippen molar-refractivity contribution in [1.82, 2.24) is 9.88 Å². The van der Waals surface area contributed by atoms with Crippen LogP contribution < -0.4 is 5.32 Å². The van der Waals surface area contributed by atoms with Crippen molar-refractivity contribution < 1.29 is 22.8 Å². The maximum atomic E-state index is 12.6. The van der Waals surface area contributed by atoms with E-state index in [9.17, 15) is 22.8 Å². The minimum absolute atomic E-state index is 0.0644. The number of amides is 2. The molecule has 0 aliphatic carbocycles. The van der Waals surface area contributed by atoms with E-state index in [1.807, 2.05) is 23.1 Å². The molecule has 2 aromatic rings. The average Bonchev–Trinajstić information content (AvgIpc) is 2.77. The van der Waals surface area contributed by atoms with Crippen LogP contribution >= 0.6 is 11.8 Å². The molecule has 31 heavy (non-hydrogen) atoms. The predicted molar refractivity (Wildman–Crippen MR) is 114 cm³/mol. The molecule has 0 radical (unpaired) electrons. The zero-order chi connectivity index (χ0) is 22.3. The van der Waals surface area contributed by atoms with Gasteiger partial charge in [-0.3, -0.25) is 9.59 Å². The van der Waals surface area contributed by atoms with E-state index in [1.165, 1.54) is 23.9 Å². The van der Waals surface area contributed by atoms with Crippen molar-refractivity contribution in [3.8, 4) is 0 Å². The van der Waals surface area contributed by atoms with Crippen LogP contribution in [-0.4, -0.2) is 40.5 Å². The molecule has 166 valence electrons. The van der Waals surface area contributed by atoms with Crippen LogP contribution in [0.3, 0.4) is 0 Å². The van der Waals surface area contributed by atoms with E-state index >= 15 is 0 Å². The third-order valence-electron chi connectivity index (χ3n) is 5.13. The van der Waals surface area contributed by atoms with Crippen molar-refractivity contribution in [3.63, 3.8) is 0 Å². The van der Waals surface area contributed by atoms with Gasteiger partial charge in [0.15, 0.2) is 0 Å². The van der Waals surface area contributed by atoms with Crippen molar-refractivity contribution >= 4 is 29.3 Å². The summed E-state index contributed by atoms with van der Waals surface area (Å²) in [6.45, 7) is 1.34. The lowest BCUT2D eigenvalue weighted by molar-refractivity contribution is -0.137. The summed E-state index contributed by atoms with van der Waals surface area (Å²) in [4.78, 5) is 30.7. The van der Waals surface area contributed by atoms with Gasteiger partial charge in [0.05, 0.1) is 16.3 Å². The number of hydrogen-bond donors (Lipinski definition) is 1. The SMILES string of the molecule is O=C(CCC1CCCN(C(=O)CSc2ccccn2)C1)Nc1ccc(C(F)(F)F)cc1. The molecule has 9 heteroatoms. The van der Waals surface area contributed by atoms with E-state index in [-0.39, 0.29) is 24.2 Å². The first-order valence-corrected chi connectivity index (χ1v) is 11.1. The fourth-order valence-corrected chi connectivity index (χ4v) is 4.25. The molecule has 1 saturated heterocycles. The minimum Gasteiger partial charge on any atom is -0.342 e. The Balaban J connectivity index is 1.41. The van der Waals surface area contributed by atoms with Crippen LogP contribution in [0, 0.1) is 5.92 Å². The van der Waals surface area contributed by atoms with Gasteiger partial charge in [-0.05, 0) is 61.6 Å². The second-order valence-corrected chi connectivity index (χ2v) is 8.46. The fourth-order valence-electron chi connectivity index (χ4n) is 3.49. The van der Waals surface area contributed by atoms with Crippen LogP contribution in [0.1, 0.15) is 31.2 Å². The number of hydrogen-bond acceptors (Lipinski definition) is 4. The van der Waals surface area contributed by atoms with E-state index in [1.54, 1.807) is 6.20 Å². The Bertz CT molecular complexity index is 876. The number of nitrogens with zero attached hydrogens (tertiary/aromatic N) is 2. The molecule has 5 nitrogen and oxygen atoms in total. The summed E-state index contributed by atoms with van der Waals surface area (Å²) in [6.07, 6.45) is 0.0261. The first-order chi connectivity index (χ1) is 14.8. The lowest BCUT2D eigenvalue weighted by atomic mass is 9.93. The van der Waals surface area contributed by atoms with E-state index in [0.717, 1.165) is 36.5 Å². The smallest absolute Gasteiger partial charge is 0.342 e. The molecule has 1 aliphatic rings. The first kappa shape index (κ1) is 23.1. The zero-order valence-corrected chi connectivity index (χ0v) is 17.7. The normalized spacial score (nSPS) is 16.7. The summed E-state index contributed by atoms with van der Waals surface area (Å²) in [7, 11) is 0. The molecule has 1 aromatic heterocycles. The molecule has 0 saturated carbocycles. The Morgan fingerprint density at radius 1 is 1.16 bits per heavy atom. The monoisotopic (exact) mass is 451 g/mol. The summed E-state index contributed by atoms with van der Waals surface area (Å²) in [5, 5.41) is 3.45. The number of rotatable bonds is 7. The number of halogens is 3. The molecule has 3 rings (SSSR count). The van der Waals surface area contributed by atoms with E-state index in [0.29, 0.717) is 24.4 Å². The molecule has 1 fully saturated rings. The predicted octanol–water partition coefficient (Wildman–Crippen LogP) is 4.85. The van der Waals surface area contributed by atoms with E-state index in [2.05, 4.69) is 10.3 Å². The van der Waals surface area contributed by atoms with Crippen molar-refractivity contribution in [3.05, 3.63) is 54.2 Å². The van der Waals surface area contributed by atoms with Crippen LogP contribution in [0.15, 0.2) is 53.7 Å². The molecule has 1 N–H and O–H groups in total. The van der Waals surface area contributed by atoms with Gasteiger partial charge in [0.2, 0.25) is 11.8 Å². The molecule has 1 unspecified atom stereocenters. The number of carbonyl (C=O) groups excluding carboxylic acids is 2. The van der Waals surface area contributed by atoms with Crippen LogP contribution in [0.4, 0.5) is 18.9 Å². The number of thioether (sulfide) groups is 1. The van der Waals surface area contributed by atoms with Gasteiger partial charge in [-0.15, -0.1) is 0 Å². The highest BCUT2D eigenvalue weighted by Crippen LogP contribution is 2.30. The number of alkyl halides is 3. The quantitative estimate of drug-likeness (QED) is 0.612. The van der Waals surface area contributed by atoms with Crippen LogP contribution in [0.5, 0.6) is 0 Å². The third kappa shape index (κ3) is 7.27. The Morgan fingerprint density at radius 3 is 2.61 bits per heavy atom. The molecule has 1 atom stereocenters. The summed E-state index contributed by atoms with van der Waals surface area (Å²) in [5.41, 5.74) is -0.413. The van der Waals surface area contributed by atoms with Gasteiger partial charge < -0.3 is 10.2 Å². The van der Waals surface area contributed by atoms with Crippen molar-refractivity contribution in [2.75, 3.05) is 24.2 Å².